The molecule has 0 bridgehead atoms. The largest absolute Gasteiger partial charge is 0.497 e. The molecule has 2 aromatic carbocycles. The molecule has 0 fully saturated rings. The highest BCUT2D eigenvalue weighted by molar-refractivity contribution is 9.10. The number of halogens is 1. The van der Waals surface area contributed by atoms with Gasteiger partial charge in [-0.25, -0.2) is 8.42 Å². The molecule has 1 N–H and O–H groups in total. The molecule has 0 aliphatic rings. The Bertz CT molecular complexity index is 1110. The third kappa shape index (κ3) is 7.20. The van der Waals surface area contributed by atoms with Crippen LogP contribution in [0.15, 0.2) is 46.9 Å². The van der Waals surface area contributed by atoms with Crippen LogP contribution in [0, 0.1) is 6.92 Å². The van der Waals surface area contributed by atoms with Crippen molar-refractivity contribution >= 4 is 43.5 Å². The van der Waals surface area contributed by atoms with E-state index in [1.165, 1.54) is 4.90 Å². The highest BCUT2D eigenvalue weighted by Crippen LogP contribution is 2.25. The van der Waals surface area contributed by atoms with Gasteiger partial charge in [-0.05, 0) is 62.2 Å². The predicted molar refractivity (Wildman–Crippen MR) is 133 cm³/mol. The second-order valence-corrected chi connectivity index (χ2v) is 10.4. The van der Waals surface area contributed by atoms with Crippen LogP contribution in [-0.2, 0) is 26.2 Å². The number of sulfonamides is 1. The monoisotopic (exact) mass is 539 g/mol. The van der Waals surface area contributed by atoms with E-state index in [9.17, 15) is 18.0 Å². The van der Waals surface area contributed by atoms with Crippen LogP contribution in [-0.4, -0.2) is 57.6 Å². The molecule has 0 radical (unpaired) electrons. The minimum Gasteiger partial charge on any atom is -0.497 e. The number of benzene rings is 2. The Kier molecular flexibility index (Phi) is 9.30. The third-order valence-electron chi connectivity index (χ3n) is 5.11. The number of nitrogens with zero attached hydrogens (tertiary/aromatic N) is 2. The summed E-state index contributed by atoms with van der Waals surface area (Å²) in [6.07, 6.45) is 1.05. The standard InChI is InChI=1S/C23H30BrN3O5S/c1-6-25-23(29)17(3)26(14-18-8-7-9-20(13-18)32-4)22(28)15-27(33(5,30)31)19-10-11-21(24)16(2)12-19/h7-13,17H,6,14-15H2,1-5H3,(H,25,29). The molecule has 0 aliphatic heterocycles. The van der Waals surface area contributed by atoms with Gasteiger partial charge in [-0.1, -0.05) is 28.1 Å². The maximum atomic E-state index is 13.4. The van der Waals surface area contributed by atoms with Gasteiger partial charge < -0.3 is 15.0 Å². The smallest absolute Gasteiger partial charge is 0.244 e. The molecule has 180 valence electrons. The molecule has 0 aromatic heterocycles. The van der Waals surface area contributed by atoms with Crippen molar-refractivity contribution in [3.8, 4) is 5.75 Å². The Labute approximate surface area is 204 Å². The molecule has 1 unspecified atom stereocenters. The fourth-order valence-corrected chi connectivity index (χ4v) is 4.36. The average molecular weight is 540 g/mol. The first-order chi connectivity index (χ1) is 15.5. The van der Waals surface area contributed by atoms with Crippen molar-refractivity contribution in [1.82, 2.24) is 10.2 Å². The van der Waals surface area contributed by atoms with Gasteiger partial charge in [0.15, 0.2) is 0 Å². The van der Waals surface area contributed by atoms with Crippen LogP contribution in [0.25, 0.3) is 0 Å². The lowest BCUT2D eigenvalue weighted by Crippen LogP contribution is -2.51. The minimum atomic E-state index is -3.77. The van der Waals surface area contributed by atoms with Gasteiger partial charge in [0.05, 0.1) is 19.1 Å². The SMILES string of the molecule is CCNC(=O)C(C)N(Cc1cccc(OC)c1)C(=O)CN(c1ccc(Br)c(C)c1)S(C)(=O)=O. The molecule has 0 aliphatic carbocycles. The van der Waals surface area contributed by atoms with Gasteiger partial charge in [0.25, 0.3) is 0 Å². The van der Waals surface area contributed by atoms with E-state index in [0.717, 1.165) is 26.2 Å². The van der Waals surface area contributed by atoms with Crippen molar-refractivity contribution in [3.05, 3.63) is 58.1 Å². The van der Waals surface area contributed by atoms with Gasteiger partial charge in [0, 0.05) is 17.6 Å². The van der Waals surface area contributed by atoms with Crippen LogP contribution in [0.5, 0.6) is 5.75 Å². The Morgan fingerprint density at radius 2 is 1.88 bits per heavy atom. The molecule has 10 heteroatoms. The van der Waals surface area contributed by atoms with Crippen LogP contribution in [0.3, 0.4) is 0 Å². The summed E-state index contributed by atoms with van der Waals surface area (Å²) < 4.78 is 32.3. The molecule has 0 saturated carbocycles. The summed E-state index contributed by atoms with van der Waals surface area (Å²) in [4.78, 5) is 27.4. The van der Waals surface area contributed by atoms with Gasteiger partial charge in [-0.3, -0.25) is 13.9 Å². The third-order valence-corrected chi connectivity index (χ3v) is 7.14. The number of likely N-dealkylation sites (N-methyl/N-ethyl adjacent to an activating group) is 1. The Morgan fingerprint density at radius 3 is 2.45 bits per heavy atom. The summed E-state index contributed by atoms with van der Waals surface area (Å²) >= 11 is 3.40. The van der Waals surface area contributed by atoms with E-state index in [4.69, 9.17) is 4.74 Å². The van der Waals surface area contributed by atoms with E-state index in [0.29, 0.717) is 18.0 Å². The molecule has 2 aromatic rings. The molecule has 0 spiro atoms. The first-order valence-corrected chi connectivity index (χ1v) is 13.1. The average Bonchev–Trinajstić information content (AvgIpc) is 2.76. The molecule has 2 amide bonds. The first-order valence-electron chi connectivity index (χ1n) is 10.4. The van der Waals surface area contributed by atoms with E-state index in [1.54, 1.807) is 57.4 Å². The minimum absolute atomic E-state index is 0.116. The number of nitrogens with one attached hydrogen (secondary N) is 1. The zero-order chi connectivity index (χ0) is 24.8. The summed E-state index contributed by atoms with van der Waals surface area (Å²) in [6, 6.07) is 11.4. The maximum Gasteiger partial charge on any atom is 0.244 e. The molecule has 33 heavy (non-hydrogen) atoms. The number of rotatable bonds is 10. The van der Waals surface area contributed by atoms with Gasteiger partial charge in [0.1, 0.15) is 18.3 Å². The van der Waals surface area contributed by atoms with E-state index in [1.807, 2.05) is 13.0 Å². The number of hydrogen-bond donors (Lipinski definition) is 1. The molecule has 2 rings (SSSR count). The molecule has 0 saturated heterocycles. The highest BCUT2D eigenvalue weighted by Gasteiger charge is 2.30. The van der Waals surface area contributed by atoms with Gasteiger partial charge in [0.2, 0.25) is 21.8 Å². The van der Waals surface area contributed by atoms with Crippen molar-refractivity contribution in [3.63, 3.8) is 0 Å². The van der Waals surface area contributed by atoms with Crippen LogP contribution < -0.4 is 14.4 Å². The maximum absolute atomic E-state index is 13.4. The number of ether oxygens (including phenoxy) is 1. The second-order valence-electron chi connectivity index (χ2n) is 7.65. The van der Waals surface area contributed by atoms with Crippen molar-refractivity contribution in [2.75, 3.05) is 30.8 Å². The lowest BCUT2D eigenvalue weighted by Gasteiger charge is -2.31. The zero-order valence-corrected chi connectivity index (χ0v) is 21.9. The summed E-state index contributed by atoms with van der Waals surface area (Å²) in [5, 5.41) is 2.72. The number of aryl methyl sites for hydroxylation is 1. The van der Waals surface area contributed by atoms with Crippen molar-refractivity contribution < 1.29 is 22.7 Å². The van der Waals surface area contributed by atoms with Crippen LogP contribution in [0.4, 0.5) is 5.69 Å². The van der Waals surface area contributed by atoms with Crippen LogP contribution in [0.2, 0.25) is 0 Å². The van der Waals surface area contributed by atoms with Crippen molar-refractivity contribution in [1.29, 1.82) is 0 Å². The summed E-state index contributed by atoms with van der Waals surface area (Å²) in [7, 11) is -2.22. The fraction of sp³-hybridized carbons (Fsp3) is 0.391. The van der Waals surface area contributed by atoms with Crippen molar-refractivity contribution in [2.24, 2.45) is 0 Å². The summed E-state index contributed by atoms with van der Waals surface area (Å²) in [5.74, 6) is -0.199. The summed E-state index contributed by atoms with van der Waals surface area (Å²) in [6.45, 7) is 5.34. The molecule has 1 atom stereocenters. The number of carbonyl (C=O) groups is 2. The Balaban J connectivity index is 2.41. The highest BCUT2D eigenvalue weighted by atomic mass is 79.9. The zero-order valence-electron chi connectivity index (χ0n) is 19.5. The van der Waals surface area contributed by atoms with Gasteiger partial charge in [-0.15, -0.1) is 0 Å². The van der Waals surface area contributed by atoms with Crippen LogP contribution >= 0.6 is 15.9 Å². The quantitative estimate of drug-likeness (QED) is 0.500. The van der Waals surface area contributed by atoms with E-state index < -0.39 is 28.5 Å². The van der Waals surface area contributed by atoms with E-state index in [-0.39, 0.29) is 12.5 Å². The topological polar surface area (TPSA) is 96.0 Å². The number of hydrogen-bond acceptors (Lipinski definition) is 5. The van der Waals surface area contributed by atoms with Gasteiger partial charge >= 0.3 is 0 Å². The Morgan fingerprint density at radius 1 is 1.18 bits per heavy atom. The lowest BCUT2D eigenvalue weighted by molar-refractivity contribution is -0.139. The Hall–Kier alpha value is -2.59. The number of amides is 2. The number of methoxy groups -OCH3 is 1. The number of carbonyl (C=O) groups excluding carboxylic acids is 2. The van der Waals surface area contributed by atoms with E-state index >= 15 is 0 Å². The molecule has 8 nitrogen and oxygen atoms in total. The van der Waals surface area contributed by atoms with E-state index in [2.05, 4.69) is 21.2 Å². The summed E-state index contributed by atoms with van der Waals surface area (Å²) in [5.41, 5.74) is 1.96. The first kappa shape index (κ1) is 26.7. The second kappa shape index (κ2) is 11.5. The molecular formula is C23H30BrN3O5S. The molecule has 0 heterocycles. The molecular weight excluding hydrogens is 510 g/mol. The number of anilines is 1. The normalized spacial score (nSPS) is 12.1. The van der Waals surface area contributed by atoms with Crippen molar-refractivity contribution in [2.45, 2.75) is 33.4 Å². The predicted octanol–water partition coefficient (Wildman–Crippen LogP) is 3.09. The van der Waals surface area contributed by atoms with Gasteiger partial charge in [-0.2, -0.15) is 0 Å². The van der Waals surface area contributed by atoms with Crippen LogP contribution in [0.1, 0.15) is 25.0 Å². The fourth-order valence-electron chi connectivity index (χ4n) is 3.27. The lowest BCUT2D eigenvalue weighted by atomic mass is 10.1.